The van der Waals surface area contributed by atoms with Crippen molar-refractivity contribution in [2.75, 3.05) is 6.61 Å². The van der Waals surface area contributed by atoms with Crippen LogP contribution in [0.4, 0.5) is 0 Å². The molecule has 23 heavy (non-hydrogen) atoms. The second-order valence-electron chi connectivity index (χ2n) is 5.36. The van der Waals surface area contributed by atoms with Gasteiger partial charge in [-0.2, -0.15) is 0 Å². The first-order valence-electron chi connectivity index (χ1n) is 7.45. The monoisotopic (exact) mass is 351 g/mol. The average Bonchev–Trinajstić information content (AvgIpc) is 2.55. The number of nitrogens with one attached hydrogen (secondary N) is 1. The summed E-state index contributed by atoms with van der Waals surface area (Å²) in [6.45, 7) is 1.89. The summed E-state index contributed by atoms with van der Waals surface area (Å²) in [6.07, 6.45) is 1.79. The van der Waals surface area contributed by atoms with E-state index in [4.69, 9.17) is 27.9 Å². The van der Waals surface area contributed by atoms with Crippen molar-refractivity contribution in [1.82, 2.24) is 5.32 Å². The molecule has 0 bridgehead atoms. The predicted molar refractivity (Wildman–Crippen MR) is 94.3 cm³/mol. The van der Waals surface area contributed by atoms with Gasteiger partial charge < -0.3 is 10.1 Å². The first kappa shape index (κ1) is 17.6. The number of aryl methyl sites for hydroxylation is 1. The van der Waals surface area contributed by atoms with E-state index in [1.54, 1.807) is 18.2 Å². The lowest BCUT2D eigenvalue weighted by molar-refractivity contribution is -0.123. The van der Waals surface area contributed by atoms with E-state index >= 15 is 0 Å². The van der Waals surface area contributed by atoms with Crippen molar-refractivity contribution >= 4 is 29.1 Å². The molecule has 0 aliphatic rings. The Labute approximate surface area is 146 Å². The zero-order valence-electron chi connectivity index (χ0n) is 12.9. The summed E-state index contributed by atoms with van der Waals surface area (Å²) in [6, 6.07) is 15.2. The van der Waals surface area contributed by atoms with Gasteiger partial charge >= 0.3 is 0 Å². The van der Waals surface area contributed by atoms with Gasteiger partial charge in [0.2, 0.25) is 0 Å². The summed E-state index contributed by atoms with van der Waals surface area (Å²) in [7, 11) is 0. The fourth-order valence-electron chi connectivity index (χ4n) is 2.15. The molecule has 0 unspecified atom stereocenters. The molecule has 2 aromatic carbocycles. The van der Waals surface area contributed by atoms with Crippen molar-refractivity contribution in [2.24, 2.45) is 0 Å². The van der Waals surface area contributed by atoms with Crippen molar-refractivity contribution in [3.05, 3.63) is 64.1 Å². The van der Waals surface area contributed by atoms with Crippen LogP contribution in [-0.2, 0) is 11.2 Å². The van der Waals surface area contributed by atoms with E-state index in [-0.39, 0.29) is 18.6 Å². The maximum atomic E-state index is 11.9. The molecular formula is C18H19Cl2NO2. The number of ether oxygens (including phenoxy) is 1. The Morgan fingerprint density at radius 2 is 1.91 bits per heavy atom. The molecule has 1 amide bonds. The third kappa shape index (κ3) is 6.12. The topological polar surface area (TPSA) is 38.3 Å². The summed E-state index contributed by atoms with van der Waals surface area (Å²) in [5, 5.41) is 3.86. The maximum Gasteiger partial charge on any atom is 0.258 e. The minimum atomic E-state index is -0.179. The van der Waals surface area contributed by atoms with Crippen molar-refractivity contribution in [3.8, 4) is 5.75 Å². The summed E-state index contributed by atoms with van der Waals surface area (Å²) < 4.78 is 5.41. The fourth-order valence-corrected chi connectivity index (χ4v) is 2.48. The highest BCUT2D eigenvalue weighted by atomic mass is 35.5. The van der Waals surface area contributed by atoms with Gasteiger partial charge in [0.1, 0.15) is 5.75 Å². The molecule has 0 saturated carbocycles. The van der Waals surface area contributed by atoms with Crippen LogP contribution in [0.1, 0.15) is 18.9 Å². The van der Waals surface area contributed by atoms with Gasteiger partial charge in [0.25, 0.3) is 5.91 Å². The van der Waals surface area contributed by atoms with Crippen LogP contribution in [0, 0.1) is 0 Å². The quantitative estimate of drug-likeness (QED) is 0.796. The summed E-state index contributed by atoms with van der Waals surface area (Å²) >= 11 is 11.9. The van der Waals surface area contributed by atoms with Gasteiger partial charge in [0.05, 0.1) is 5.02 Å². The molecule has 1 N–H and O–H groups in total. The number of carbonyl (C=O) groups excluding carboxylic acids is 1. The summed E-state index contributed by atoms with van der Waals surface area (Å²) in [5.74, 6) is 0.229. The molecule has 0 heterocycles. The van der Waals surface area contributed by atoms with Crippen LogP contribution in [0.2, 0.25) is 10.0 Å². The molecule has 0 radical (unpaired) electrons. The molecule has 5 heteroatoms. The van der Waals surface area contributed by atoms with Crippen LogP contribution in [0.25, 0.3) is 0 Å². The molecule has 3 nitrogen and oxygen atoms in total. The van der Waals surface area contributed by atoms with Crippen LogP contribution in [-0.4, -0.2) is 18.6 Å². The normalized spacial score (nSPS) is 11.8. The van der Waals surface area contributed by atoms with Crippen molar-refractivity contribution in [3.63, 3.8) is 0 Å². The Balaban J connectivity index is 1.74. The Morgan fingerprint density at radius 1 is 1.17 bits per heavy atom. The van der Waals surface area contributed by atoms with Crippen molar-refractivity contribution in [2.45, 2.75) is 25.8 Å². The van der Waals surface area contributed by atoms with E-state index in [0.717, 1.165) is 12.8 Å². The van der Waals surface area contributed by atoms with E-state index in [2.05, 4.69) is 17.4 Å². The van der Waals surface area contributed by atoms with Crippen LogP contribution in [0.5, 0.6) is 5.75 Å². The minimum Gasteiger partial charge on any atom is -0.482 e. The lowest BCUT2D eigenvalue weighted by Gasteiger charge is -2.14. The van der Waals surface area contributed by atoms with Gasteiger partial charge in [-0.05, 0) is 37.5 Å². The summed E-state index contributed by atoms with van der Waals surface area (Å²) in [4.78, 5) is 11.9. The molecular weight excluding hydrogens is 333 g/mol. The first-order valence-corrected chi connectivity index (χ1v) is 8.21. The van der Waals surface area contributed by atoms with E-state index in [9.17, 15) is 4.79 Å². The van der Waals surface area contributed by atoms with Crippen molar-refractivity contribution in [1.29, 1.82) is 0 Å². The third-order valence-electron chi connectivity index (χ3n) is 3.37. The van der Waals surface area contributed by atoms with Gasteiger partial charge in [-0.3, -0.25) is 4.79 Å². The lowest BCUT2D eigenvalue weighted by Crippen LogP contribution is -2.36. The van der Waals surface area contributed by atoms with Crippen LogP contribution >= 0.6 is 23.2 Å². The van der Waals surface area contributed by atoms with E-state index in [1.807, 2.05) is 25.1 Å². The Hall–Kier alpha value is -1.71. The number of benzene rings is 2. The molecule has 122 valence electrons. The number of carbonyl (C=O) groups is 1. The van der Waals surface area contributed by atoms with Gasteiger partial charge in [0.15, 0.2) is 6.61 Å². The molecule has 0 spiro atoms. The van der Waals surface area contributed by atoms with Crippen molar-refractivity contribution < 1.29 is 9.53 Å². The number of hydrogen-bond donors (Lipinski definition) is 1. The zero-order chi connectivity index (χ0) is 16.7. The van der Waals surface area contributed by atoms with Crippen LogP contribution in [0.15, 0.2) is 48.5 Å². The molecule has 1 atom stereocenters. The third-order valence-corrected chi connectivity index (χ3v) is 3.92. The molecule has 0 aliphatic carbocycles. The number of halogens is 2. The Kier molecular flexibility index (Phi) is 6.75. The summed E-state index contributed by atoms with van der Waals surface area (Å²) in [5.41, 5.74) is 1.26. The smallest absolute Gasteiger partial charge is 0.258 e. The second kappa shape index (κ2) is 8.80. The molecule has 0 saturated heterocycles. The van der Waals surface area contributed by atoms with E-state index in [1.165, 1.54) is 5.56 Å². The SMILES string of the molecule is C[C@@H](CCc1ccccc1)NC(=O)COc1cc(Cl)ccc1Cl. The largest absolute Gasteiger partial charge is 0.482 e. The molecule has 2 aromatic rings. The first-order chi connectivity index (χ1) is 11.0. The van der Waals surface area contributed by atoms with Gasteiger partial charge in [0, 0.05) is 17.1 Å². The zero-order valence-corrected chi connectivity index (χ0v) is 14.4. The number of hydrogen-bond acceptors (Lipinski definition) is 2. The average molecular weight is 352 g/mol. The van der Waals surface area contributed by atoms with Crippen LogP contribution < -0.4 is 10.1 Å². The highest BCUT2D eigenvalue weighted by molar-refractivity contribution is 6.34. The Bertz CT molecular complexity index is 647. The standard InChI is InChI=1S/C18H19Cl2NO2/c1-13(7-8-14-5-3-2-4-6-14)21-18(22)12-23-17-11-15(19)9-10-16(17)20/h2-6,9-11,13H,7-8,12H2,1H3,(H,21,22)/t13-/m0/s1. The second-order valence-corrected chi connectivity index (χ2v) is 6.20. The molecule has 2 rings (SSSR count). The van der Waals surface area contributed by atoms with Gasteiger partial charge in [-0.15, -0.1) is 0 Å². The highest BCUT2D eigenvalue weighted by Crippen LogP contribution is 2.27. The van der Waals surface area contributed by atoms with E-state index < -0.39 is 0 Å². The van der Waals surface area contributed by atoms with Crippen LogP contribution in [0.3, 0.4) is 0 Å². The number of rotatable bonds is 7. The maximum absolute atomic E-state index is 11.9. The molecule has 0 aromatic heterocycles. The minimum absolute atomic E-state index is 0.0705. The number of amides is 1. The molecule has 0 fully saturated rings. The lowest BCUT2D eigenvalue weighted by atomic mass is 10.1. The predicted octanol–water partition coefficient (Wildman–Crippen LogP) is 4.51. The molecule has 0 aliphatic heterocycles. The van der Waals surface area contributed by atoms with Gasteiger partial charge in [-0.1, -0.05) is 53.5 Å². The Morgan fingerprint density at radius 3 is 2.65 bits per heavy atom. The highest BCUT2D eigenvalue weighted by Gasteiger charge is 2.10. The van der Waals surface area contributed by atoms with E-state index in [0.29, 0.717) is 15.8 Å². The van der Waals surface area contributed by atoms with Gasteiger partial charge in [-0.25, -0.2) is 0 Å². The fraction of sp³-hybridized carbons (Fsp3) is 0.278.